The zero-order valence-electron chi connectivity index (χ0n) is 15.1. The highest BCUT2D eigenvalue weighted by atomic mass is 16.5. The van der Waals surface area contributed by atoms with E-state index < -0.39 is 0 Å². The summed E-state index contributed by atoms with van der Waals surface area (Å²) >= 11 is 0. The van der Waals surface area contributed by atoms with Crippen molar-refractivity contribution in [3.63, 3.8) is 0 Å². The number of nitrogens with one attached hydrogen (secondary N) is 2. The molecule has 2 N–H and O–H groups in total. The molecule has 0 spiro atoms. The molecule has 1 unspecified atom stereocenters. The second kappa shape index (κ2) is 10.9. The van der Waals surface area contributed by atoms with Crippen LogP contribution < -0.4 is 15.4 Å². The first kappa shape index (κ1) is 19.3. The van der Waals surface area contributed by atoms with E-state index in [4.69, 9.17) is 9.47 Å². The van der Waals surface area contributed by atoms with Gasteiger partial charge in [-0.05, 0) is 45.7 Å². The molecule has 130 valence electrons. The van der Waals surface area contributed by atoms with Gasteiger partial charge in [0.25, 0.3) is 0 Å². The molecule has 1 atom stereocenters. The summed E-state index contributed by atoms with van der Waals surface area (Å²) in [6.07, 6.45) is 1.29. The number of hydrogen-bond acceptors (Lipinski definition) is 3. The second-order valence-electron chi connectivity index (χ2n) is 5.85. The Morgan fingerprint density at radius 2 is 1.91 bits per heavy atom. The molecule has 0 fully saturated rings. The molecular formula is C18H31N3O2. The van der Waals surface area contributed by atoms with E-state index in [1.54, 1.807) is 7.05 Å². The zero-order valence-corrected chi connectivity index (χ0v) is 15.1. The molecule has 0 aliphatic heterocycles. The van der Waals surface area contributed by atoms with E-state index in [-0.39, 0.29) is 12.2 Å². The first-order chi connectivity index (χ1) is 11.0. The first-order valence-electron chi connectivity index (χ1n) is 8.31. The summed E-state index contributed by atoms with van der Waals surface area (Å²) in [4.78, 5) is 4.22. The van der Waals surface area contributed by atoms with Crippen LogP contribution >= 0.6 is 0 Å². The summed E-state index contributed by atoms with van der Waals surface area (Å²) in [6.45, 7) is 10.5. The number of rotatable bonds is 9. The summed E-state index contributed by atoms with van der Waals surface area (Å²) in [6, 6.07) is 8.05. The van der Waals surface area contributed by atoms with E-state index in [2.05, 4.69) is 28.6 Å². The predicted octanol–water partition coefficient (Wildman–Crippen LogP) is 2.74. The Balaban J connectivity index is 2.24. The molecule has 0 saturated heterocycles. The fourth-order valence-electron chi connectivity index (χ4n) is 2.01. The average Bonchev–Trinajstić information content (AvgIpc) is 2.52. The van der Waals surface area contributed by atoms with Gasteiger partial charge in [-0.25, -0.2) is 0 Å². The maximum Gasteiger partial charge on any atom is 0.191 e. The fraction of sp³-hybridized carbons (Fsp3) is 0.611. The molecule has 0 radical (unpaired) electrons. The summed E-state index contributed by atoms with van der Waals surface area (Å²) in [7, 11) is 1.77. The lowest BCUT2D eigenvalue weighted by Gasteiger charge is -2.19. The standard InChI is InChI=1S/C18H31N3O2/c1-14(2)22-12-8-11-20-18(19-5)21-13-16(4)23-17-10-7-6-9-15(17)3/h6-7,9-10,14,16H,8,11-13H2,1-5H3,(H2,19,20,21). The Kier molecular flexibility index (Phi) is 9.14. The predicted molar refractivity (Wildman–Crippen MR) is 96.3 cm³/mol. The number of hydrogen-bond donors (Lipinski definition) is 2. The van der Waals surface area contributed by atoms with Crippen molar-refractivity contribution in [3.05, 3.63) is 29.8 Å². The molecule has 5 heteroatoms. The van der Waals surface area contributed by atoms with Crippen molar-refractivity contribution < 1.29 is 9.47 Å². The lowest BCUT2D eigenvalue weighted by molar-refractivity contribution is 0.0776. The average molecular weight is 321 g/mol. The maximum atomic E-state index is 5.94. The zero-order chi connectivity index (χ0) is 17.1. The normalized spacial score (nSPS) is 13.0. The molecule has 0 amide bonds. The van der Waals surface area contributed by atoms with E-state index in [1.165, 1.54) is 0 Å². The molecule has 23 heavy (non-hydrogen) atoms. The monoisotopic (exact) mass is 321 g/mol. The molecule has 0 aliphatic rings. The lowest BCUT2D eigenvalue weighted by atomic mass is 10.2. The van der Waals surface area contributed by atoms with Crippen molar-refractivity contribution in [3.8, 4) is 5.75 Å². The third-order valence-corrected chi connectivity index (χ3v) is 3.27. The Morgan fingerprint density at radius 1 is 1.17 bits per heavy atom. The van der Waals surface area contributed by atoms with Gasteiger partial charge in [0.15, 0.2) is 5.96 Å². The third kappa shape index (κ3) is 8.45. The SMILES string of the molecule is CN=C(NCCCOC(C)C)NCC(C)Oc1ccccc1C. The highest BCUT2D eigenvalue weighted by Crippen LogP contribution is 2.17. The number of aryl methyl sites for hydroxylation is 1. The Bertz CT molecular complexity index is 475. The van der Waals surface area contributed by atoms with E-state index in [0.29, 0.717) is 6.54 Å². The Labute approximate surface area is 140 Å². The number of nitrogens with zero attached hydrogens (tertiary/aromatic N) is 1. The van der Waals surface area contributed by atoms with Gasteiger partial charge in [0.05, 0.1) is 12.6 Å². The number of aliphatic imine (C=N–C) groups is 1. The summed E-state index contributed by atoms with van der Waals surface area (Å²) in [5.74, 6) is 1.71. The smallest absolute Gasteiger partial charge is 0.191 e. The Hall–Kier alpha value is -1.75. The van der Waals surface area contributed by atoms with E-state index >= 15 is 0 Å². The van der Waals surface area contributed by atoms with Gasteiger partial charge >= 0.3 is 0 Å². The van der Waals surface area contributed by atoms with E-state index in [9.17, 15) is 0 Å². The molecule has 0 heterocycles. The van der Waals surface area contributed by atoms with E-state index in [1.807, 2.05) is 39.0 Å². The highest BCUT2D eigenvalue weighted by Gasteiger charge is 2.07. The van der Waals surface area contributed by atoms with Gasteiger partial charge in [0, 0.05) is 20.2 Å². The fourth-order valence-corrected chi connectivity index (χ4v) is 2.01. The highest BCUT2D eigenvalue weighted by molar-refractivity contribution is 5.79. The molecule has 1 aromatic rings. The number of para-hydroxylation sites is 1. The van der Waals surface area contributed by atoms with Crippen molar-refractivity contribution in [1.29, 1.82) is 0 Å². The van der Waals surface area contributed by atoms with Crippen LogP contribution in [0.4, 0.5) is 0 Å². The van der Waals surface area contributed by atoms with Crippen molar-refractivity contribution in [2.24, 2.45) is 4.99 Å². The topological polar surface area (TPSA) is 54.9 Å². The van der Waals surface area contributed by atoms with Crippen LogP contribution in [-0.4, -0.2) is 44.9 Å². The van der Waals surface area contributed by atoms with E-state index in [0.717, 1.165) is 36.8 Å². The molecule has 1 rings (SSSR count). The molecule has 0 saturated carbocycles. The summed E-state index contributed by atoms with van der Waals surface area (Å²) < 4.78 is 11.5. The number of ether oxygens (including phenoxy) is 2. The van der Waals surface area contributed by atoms with Crippen LogP contribution in [0, 0.1) is 6.92 Å². The van der Waals surface area contributed by atoms with Crippen LogP contribution in [0.2, 0.25) is 0 Å². The first-order valence-corrected chi connectivity index (χ1v) is 8.31. The second-order valence-corrected chi connectivity index (χ2v) is 5.85. The molecule has 0 bridgehead atoms. The maximum absolute atomic E-state index is 5.94. The van der Waals surface area contributed by atoms with Crippen LogP contribution in [0.15, 0.2) is 29.3 Å². The van der Waals surface area contributed by atoms with Gasteiger partial charge in [-0.2, -0.15) is 0 Å². The van der Waals surface area contributed by atoms with Crippen LogP contribution in [0.25, 0.3) is 0 Å². The third-order valence-electron chi connectivity index (χ3n) is 3.27. The minimum Gasteiger partial charge on any atom is -0.489 e. The van der Waals surface area contributed by atoms with Crippen molar-refractivity contribution >= 4 is 5.96 Å². The minimum absolute atomic E-state index is 0.0546. The number of benzene rings is 1. The van der Waals surface area contributed by atoms with Gasteiger partial charge in [0.1, 0.15) is 11.9 Å². The largest absolute Gasteiger partial charge is 0.489 e. The van der Waals surface area contributed by atoms with Gasteiger partial charge in [-0.1, -0.05) is 18.2 Å². The van der Waals surface area contributed by atoms with Crippen LogP contribution in [0.1, 0.15) is 32.8 Å². The lowest BCUT2D eigenvalue weighted by Crippen LogP contribution is -2.42. The molecule has 0 aromatic heterocycles. The van der Waals surface area contributed by atoms with Gasteiger partial charge in [-0.15, -0.1) is 0 Å². The van der Waals surface area contributed by atoms with Crippen molar-refractivity contribution in [2.45, 2.75) is 46.3 Å². The van der Waals surface area contributed by atoms with Crippen LogP contribution in [0.5, 0.6) is 5.75 Å². The van der Waals surface area contributed by atoms with Crippen LogP contribution in [0.3, 0.4) is 0 Å². The molecule has 1 aromatic carbocycles. The minimum atomic E-state index is 0.0546. The number of guanidine groups is 1. The van der Waals surface area contributed by atoms with Crippen molar-refractivity contribution in [1.82, 2.24) is 10.6 Å². The Morgan fingerprint density at radius 3 is 2.57 bits per heavy atom. The molecule has 0 aliphatic carbocycles. The van der Waals surface area contributed by atoms with Gasteiger partial charge < -0.3 is 20.1 Å². The van der Waals surface area contributed by atoms with Crippen molar-refractivity contribution in [2.75, 3.05) is 26.7 Å². The quantitative estimate of drug-likeness (QED) is 0.417. The van der Waals surface area contributed by atoms with Crippen LogP contribution in [-0.2, 0) is 4.74 Å². The van der Waals surface area contributed by atoms with Gasteiger partial charge in [0.2, 0.25) is 0 Å². The van der Waals surface area contributed by atoms with Gasteiger partial charge in [-0.3, -0.25) is 4.99 Å². The summed E-state index contributed by atoms with van der Waals surface area (Å²) in [5.41, 5.74) is 1.15. The molecular weight excluding hydrogens is 290 g/mol. The summed E-state index contributed by atoms with van der Waals surface area (Å²) in [5, 5.41) is 6.56. The molecule has 5 nitrogen and oxygen atoms in total.